The van der Waals surface area contributed by atoms with Crippen molar-refractivity contribution in [3.8, 4) is 0 Å². The predicted molar refractivity (Wildman–Crippen MR) is 79.9 cm³/mol. The first-order valence-corrected chi connectivity index (χ1v) is 7.23. The lowest BCUT2D eigenvalue weighted by Crippen LogP contribution is -2.65. The van der Waals surface area contributed by atoms with Gasteiger partial charge >= 0.3 is 0 Å². The molecule has 0 spiro atoms. The first kappa shape index (κ1) is 15.2. The van der Waals surface area contributed by atoms with Gasteiger partial charge in [-0.1, -0.05) is 37.3 Å². The molecule has 0 aromatic heterocycles. The van der Waals surface area contributed by atoms with Crippen LogP contribution in [0.15, 0.2) is 30.3 Å². The molecule has 0 radical (unpaired) electrons. The van der Waals surface area contributed by atoms with Crippen LogP contribution >= 0.6 is 0 Å². The van der Waals surface area contributed by atoms with E-state index < -0.39 is 5.66 Å². The summed E-state index contributed by atoms with van der Waals surface area (Å²) >= 11 is 0. The number of benzene rings is 1. The van der Waals surface area contributed by atoms with Gasteiger partial charge in [-0.2, -0.15) is 0 Å². The SMILES string of the molecule is CCC(C(=O)c1ccccc1)(N(C)C)N1CCOCC1. The van der Waals surface area contributed by atoms with E-state index in [1.54, 1.807) is 0 Å². The average Bonchev–Trinajstić information content (AvgIpc) is 2.50. The Morgan fingerprint density at radius 1 is 1.25 bits per heavy atom. The highest BCUT2D eigenvalue weighted by molar-refractivity contribution is 6.02. The standard InChI is InChI=1S/C16H24N2O2/c1-4-16(17(2)3,18-10-12-20-13-11-18)15(19)14-8-6-5-7-9-14/h5-9H,4,10-13H2,1-3H3. The summed E-state index contributed by atoms with van der Waals surface area (Å²) in [5.41, 5.74) is 0.194. The van der Waals surface area contributed by atoms with Crippen molar-refractivity contribution in [2.45, 2.75) is 19.0 Å². The van der Waals surface area contributed by atoms with Crippen LogP contribution < -0.4 is 0 Å². The molecule has 1 aliphatic rings. The summed E-state index contributed by atoms with van der Waals surface area (Å²) in [5, 5.41) is 0. The number of nitrogens with zero attached hydrogens (tertiary/aromatic N) is 2. The fraction of sp³-hybridized carbons (Fsp3) is 0.562. The number of morpholine rings is 1. The molecule has 1 atom stereocenters. The molecule has 1 heterocycles. The van der Waals surface area contributed by atoms with Gasteiger partial charge in [-0.15, -0.1) is 0 Å². The molecule has 1 fully saturated rings. The van der Waals surface area contributed by atoms with E-state index in [0.717, 1.165) is 25.1 Å². The minimum atomic E-state index is -0.578. The van der Waals surface area contributed by atoms with Gasteiger partial charge in [0.25, 0.3) is 0 Å². The molecular formula is C16H24N2O2. The minimum Gasteiger partial charge on any atom is -0.379 e. The van der Waals surface area contributed by atoms with Crippen LogP contribution in [0.5, 0.6) is 0 Å². The summed E-state index contributed by atoms with van der Waals surface area (Å²) in [5.74, 6) is 0.174. The smallest absolute Gasteiger partial charge is 0.197 e. The number of hydrogen-bond acceptors (Lipinski definition) is 4. The Bertz CT molecular complexity index is 441. The van der Waals surface area contributed by atoms with E-state index in [2.05, 4.69) is 11.8 Å². The molecule has 1 aliphatic heterocycles. The second-order valence-electron chi connectivity index (χ2n) is 5.36. The van der Waals surface area contributed by atoms with Crippen molar-refractivity contribution >= 4 is 5.78 Å². The Labute approximate surface area is 121 Å². The van der Waals surface area contributed by atoms with Crippen molar-refractivity contribution in [1.82, 2.24) is 9.80 Å². The Morgan fingerprint density at radius 2 is 1.85 bits per heavy atom. The van der Waals surface area contributed by atoms with E-state index in [-0.39, 0.29) is 5.78 Å². The summed E-state index contributed by atoms with van der Waals surface area (Å²) in [6, 6.07) is 9.58. The molecular weight excluding hydrogens is 252 g/mol. The van der Waals surface area contributed by atoms with E-state index in [0.29, 0.717) is 13.2 Å². The highest BCUT2D eigenvalue weighted by Gasteiger charge is 2.45. The van der Waals surface area contributed by atoms with Gasteiger partial charge in [-0.3, -0.25) is 14.6 Å². The van der Waals surface area contributed by atoms with Crippen LogP contribution in [0.25, 0.3) is 0 Å². The Balaban J connectivity index is 2.38. The zero-order valence-corrected chi connectivity index (χ0v) is 12.6. The third-order valence-electron chi connectivity index (χ3n) is 4.17. The Kier molecular flexibility index (Phi) is 4.91. The van der Waals surface area contributed by atoms with Gasteiger partial charge < -0.3 is 4.74 Å². The molecule has 1 aromatic rings. The first-order chi connectivity index (χ1) is 9.63. The van der Waals surface area contributed by atoms with Crippen molar-refractivity contribution in [3.63, 3.8) is 0 Å². The lowest BCUT2D eigenvalue weighted by Gasteiger charge is -2.48. The van der Waals surface area contributed by atoms with Gasteiger partial charge in [0.1, 0.15) is 5.66 Å². The van der Waals surface area contributed by atoms with Gasteiger partial charge in [0, 0.05) is 18.7 Å². The summed E-state index contributed by atoms with van der Waals surface area (Å²) in [6.07, 6.45) is 0.758. The normalized spacial score (nSPS) is 19.8. The van der Waals surface area contributed by atoms with Crippen LogP contribution in [0.2, 0.25) is 0 Å². The number of ether oxygens (including phenoxy) is 1. The van der Waals surface area contributed by atoms with Crippen LogP contribution in [-0.2, 0) is 4.74 Å². The van der Waals surface area contributed by atoms with Crippen LogP contribution in [0, 0.1) is 0 Å². The molecule has 110 valence electrons. The number of carbonyl (C=O) groups excluding carboxylic acids is 1. The van der Waals surface area contributed by atoms with Gasteiger partial charge in [0.2, 0.25) is 0 Å². The van der Waals surface area contributed by atoms with E-state index in [4.69, 9.17) is 4.74 Å². The molecule has 0 N–H and O–H groups in total. The second-order valence-corrected chi connectivity index (χ2v) is 5.36. The third-order valence-corrected chi connectivity index (χ3v) is 4.17. The van der Waals surface area contributed by atoms with Gasteiger partial charge in [0.05, 0.1) is 13.2 Å². The van der Waals surface area contributed by atoms with Gasteiger partial charge in [0.15, 0.2) is 5.78 Å². The largest absolute Gasteiger partial charge is 0.379 e. The fourth-order valence-corrected chi connectivity index (χ4v) is 3.08. The lowest BCUT2D eigenvalue weighted by atomic mass is 9.91. The van der Waals surface area contributed by atoms with Crippen molar-refractivity contribution < 1.29 is 9.53 Å². The van der Waals surface area contributed by atoms with Crippen molar-refractivity contribution in [2.24, 2.45) is 0 Å². The maximum atomic E-state index is 13.1. The third kappa shape index (κ3) is 2.64. The van der Waals surface area contributed by atoms with E-state index >= 15 is 0 Å². The maximum absolute atomic E-state index is 13.1. The number of likely N-dealkylation sites (N-methyl/N-ethyl adjacent to an activating group) is 1. The molecule has 4 nitrogen and oxygen atoms in total. The quantitative estimate of drug-likeness (QED) is 0.769. The zero-order valence-electron chi connectivity index (χ0n) is 12.6. The highest BCUT2D eigenvalue weighted by atomic mass is 16.5. The lowest BCUT2D eigenvalue weighted by molar-refractivity contribution is -0.0659. The number of hydrogen-bond donors (Lipinski definition) is 0. The number of Topliss-reactive ketones (excluding diaryl/α,β-unsaturated/α-hetero) is 1. The van der Waals surface area contributed by atoms with Crippen molar-refractivity contribution in [3.05, 3.63) is 35.9 Å². The van der Waals surface area contributed by atoms with Gasteiger partial charge in [-0.25, -0.2) is 0 Å². The Hall–Kier alpha value is -1.23. The monoisotopic (exact) mass is 276 g/mol. The van der Waals surface area contributed by atoms with Crippen LogP contribution in [-0.4, -0.2) is 61.6 Å². The van der Waals surface area contributed by atoms with Crippen molar-refractivity contribution in [2.75, 3.05) is 40.4 Å². The predicted octanol–water partition coefficient (Wildman–Crippen LogP) is 1.87. The summed E-state index contributed by atoms with van der Waals surface area (Å²) in [7, 11) is 3.97. The summed E-state index contributed by atoms with van der Waals surface area (Å²) < 4.78 is 5.43. The van der Waals surface area contributed by atoms with Crippen LogP contribution in [0.3, 0.4) is 0 Å². The first-order valence-electron chi connectivity index (χ1n) is 7.23. The van der Waals surface area contributed by atoms with Crippen LogP contribution in [0.1, 0.15) is 23.7 Å². The number of ketones is 1. The summed E-state index contributed by atoms with van der Waals surface area (Å²) in [4.78, 5) is 17.4. The molecule has 20 heavy (non-hydrogen) atoms. The van der Waals surface area contributed by atoms with E-state index in [1.807, 2.05) is 49.3 Å². The highest BCUT2D eigenvalue weighted by Crippen LogP contribution is 2.28. The van der Waals surface area contributed by atoms with E-state index in [1.165, 1.54) is 0 Å². The summed E-state index contributed by atoms with van der Waals surface area (Å²) in [6.45, 7) is 5.06. The molecule has 0 amide bonds. The average molecular weight is 276 g/mol. The molecule has 0 bridgehead atoms. The van der Waals surface area contributed by atoms with E-state index in [9.17, 15) is 4.79 Å². The zero-order chi connectivity index (χ0) is 14.6. The molecule has 1 unspecified atom stereocenters. The number of carbonyl (C=O) groups is 1. The maximum Gasteiger partial charge on any atom is 0.197 e. The fourth-order valence-electron chi connectivity index (χ4n) is 3.08. The Morgan fingerprint density at radius 3 is 2.35 bits per heavy atom. The number of rotatable bonds is 5. The van der Waals surface area contributed by atoms with Crippen molar-refractivity contribution in [1.29, 1.82) is 0 Å². The topological polar surface area (TPSA) is 32.8 Å². The molecule has 1 saturated heterocycles. The molecule has 1 aromatic carbocycles. The van der Waals surface area contributed by atoms with Crippen LogP contribution in [0.4, 0.5) is 0 Å². The molecule has 4 heteroatoms. The molecule has 0 aliphatic carbocycles. The minimum absolute atomic E-state index is 0.174. The molecule has 2 rings (SSSR count). The van der Waals surface area contributed by atoms with Gasteiger partial charge in [-0.05, 0) is 20.5 Å². The second kappa shape index (κ2) is 6.48. The molecule has 0 saturated carbocycles.